The minimum absolute atomic E-state index is 0.129. The summed E-state index contributed by atoms with van der Waals surface area (Å²) < 4.78 is 19.6. The van der Waals surface area contributed by atoms with E-state index in [1.807, 2.05) is 0 Å². The minimum Gasteiger partial charge on any atom is -0.469 e. The Balaban J connectivity index is 1.82. The predicted octanol–water partition coefficient (Wildman–Crippen LogP) is 2.84. The molecule has 154 valence electrons. The van der Waals surface area contributed by atoms with Gasteiger partial charge in [0, 0.05) is 31.1 Å². The molecule has 0 bridgehead atoms. The Morgan fingerprint density at radius 3 is 2.69 bits per heavy atom. The van der Waals surface area contributed by atoms with Gasteiger partial charge in [0.25, 0.3) is 5.91 Å². The van der Waals surface area contributed by atoms with E-state index in [-0.39, 0.29) is 29.3 Å². The summed E-state index contributed by atoms with van der Waals surface area (Å²) >= 11 is 0. The van der Waals surface area contributed by atoms with Crippen molar-refractivity contribution in [2.75, 3.05) is 19.5 Å². The molecule has 1 aromatic carbocycles. The van der Waals surface area contributed by atoms with E-state index in [0.717, 1.165) is 18.6 Å². The number of ether oxygens (including phenoxy) is 1. The molecule has 2 atom stereocenters. The number of aliphatic imine (C=N–C) groups is 1. The Bertz CT molecular complexity index is 923. The van der Waals surface area contributed by atoms with Gasteiger partial charge in [-0.3, -0.25) is 19.3 Å². The predicted molar refractivity (Wildman–Crippen MR) is 107 cm³/mol. The van der Waals surface area contributed by atoms with E-state index in [2.05, 4.69) is 15.4 Å². The zero-order chi connectivity index (χ0) is 21.0. The molecule has 1 unspecified atom stereocenters. The highest BCUT2D eigenvalue weighted by atomic mass is 19.1. The van der Waals surface area contributed by atoms with Gasteiger partial charge in [0.05, 0.1) is 13.2 Å². The lowest BCUT2D eigenvalue weighted by Crippen LogP contribution is -2.29. The van der Waals surface area contributed by atoms with Gasteiger partial charge in [0.15, 0.2) is 5.82 Å². The molecule has 0 spiro atoms. The van der Waals surface area contributed by atoms with Crippen molar-refractivity contribution in [1.29, 1.82) is 0 Å². The minimum atomic E-state index is -0.616. The van der Waals surface area contributed by atoms with Crippen molar-refractivity contribution in [3.63, 3.8) is 0 Å². The smallest absolute Gasteiger partial charge is 0.305 e. The number of methoxy groups -OCH3 is 1. The van der Waals surface area contributed by atoms with Crippen molar-refractivity contribution in [1.82, 2.24) is 9.78 Å². The molecule has 1 amide bonds. The fourth-order valence-electron chi connectivity index (χ4n) is 3.61. The number of esters is 1. The number of benzene rings is 1. The molecule has 1 fully saturated rings. The lowest BCUT2D eigenvalue weighted by molar-refractivity contribution is -0.141. The molecule has 0 radical (unpaired) electrons. The maximum Gasteiger partial charge on any atom is 0.305 e. The van der Waals surface area contributed by atoms with Crippen LogP contribution in [0, 0.1) is 11.7 Å². The molecule has 1 aromatic heterocycles. The molecule has 0 saturated heterocycles. The lowest BCUT2D eigenvalue weighted by atomic mass is 9.82. The van der Waals surface area contributed by atoms with Crippen LogP contribution in [0.4, 0.5) is 15.9 Å². The van der Waals surface area contributed by atoms with E-state index in [1.54, 1.807) is 30.1 Å². The van der Waals surface area contributed by atoms with Crippen LogP contribution in [0.25, 0.3) is 0 Å². The van der Waals surface area contributed by atoms with Gasteiger partial charge in [-0.05, 0) is 49.4 Å². The third kappa shape index (κ3) is 4.79. The van der Waals surface area contributed by atoms with Crippen molar-refractivity contribution >= 4 is 29.1 Å². The first-order chi connectivity index (χ1) is 13.9. The molecular weight excluding hydrogens is 377 g/mol. The summed E-state index contributed by atoms with van der Waals surface area (Å²) in [6.07, 6.45) is 4.15. The average molecular weight is 401 g/mol. The van der Waals surface area contributed by atoms with Gasteiger partial charge in [0.2, 0.25) is 0 Å². The Morgan fingerprint density at radius 2 is 2.07 bits per heavy atom. The summed E-state index contributed by atoms with van der Waals surface area (Å²) in [6, 6.07) is 5.60. The summed E-state index contributed by atoms with van der Waals surface area (Å²) in [5.41, 5.74) is 7.25. The highest BCUT2D eigenvalue weighted by Gasteiger charge is 2.31. The normalized spacial score (nSPS) is 20.4. The first kappa shape index (κ1) is 20.5. The molecule has 1 aliphatic carbocycles. The molecule has 1 saturated carbocycles. The van der Waals surface area contributed by atoms with Crippen molar-refractivity contribution in [2.24, 2.45) is 16.6 Å². The Labute approximate surface area is 167 Å². The topological polar surface area (TPSA) is 112 Å². The SMILES string of the molecule is C/N=C1\CC(CC(=O)OC)CC[C@@H]1n1cc(C(N)=O)c(Nc2ccc(F)cc2)n1. The second-order valence-electron chi connectivity index (χ2n) is 7.03. The van der Waals surface area contributed by atoms with Crippen LogP contribution in [0.15, 0.2) is 35.5 Å². The third-order valence-corrected chi connectivity index (χ3v) is 5.12. The number of carbonyl (C=O) groups is 2. The number of carbonyl (C=O) groups excluding carboxylic acids is 2. The lowest BCUT2D eigenvalue weighted by Gasteiger charge is -2.29. The van der Waals surface area contributed by atoms with Crippen LogP contribution in [0.1, 0.15) is 42.1 Å². The number of hydrogen-bond acceptors (Lipinski definition) is 6. The number of aromatic nitrogens is 2. The monoisotopic (exact) mass is 401 g/mol. The first-order valence-corrected chi connectivity index (χ1v) is 9.35. The molecule has 1 aliphatic rings. The summed E-state index contributed by atoms with van der Waals surface area (Å²) in [5.74, 6) is -0.736. The van der Waals surface area contributed by atoms with Crippen LogP contribution in [-0.4, -0.2) is 41.5 Å². The molecule has 8 nitrogen and oxygen atoms in total. The highest BCUT2D eigenvalue weighted by molar-refractivity contribution is 5.98. The molecule has 2 aromatic rings. The number of hydrogen-bond donors (Lipinski definition) is 2. The van der Waals surface area contributed by atoms with Gasteiger partial charge in [-0.25, -0.2) is 4.39 Å². The van der Waals surface area contributed by atoms with Crippen molar-refractivity contribution in [3.05, 3.63) is 41.8 Å². The van der Waals surface area contributed by atoms with E-state index in [4.69, 9.17) is 10.5 Å². The van der Waals surface area contributed by atoms with Crippen molar-refractivity contribution < 1.29 is 18.7 Å². The Kier molecular flexibility index (Phi) is 6.26. The van der Waals surface area contributed by atoms with Gasteiger partial charge >= 0.3 is 5.97 Å². The maximum atomic E-state index is 13.1. The van der Waals surface area contributed by atoms with E-state index in [0.29, 0.717) is 24.3 Å². The summed E-state index contributed by atoms with van der Waals surface area (Å²) in [6.45, 7) is 0. The molecule has 1 heterocycles. The molecule has 9 heteroatoms. The number of nitrogens with zero attached hydrogens (tertiary/aromatic N) is 3. The van der Waals surface area contributed by atoms with E-state index >= 15 is 0 Å². The van der Waals surface area contributed by atoms with Gasteiger partial charge in [-0.1, -0.05) is 0 Å². The van der Waals surface area contributed by atoms with Crippen LogP contribution in [0.5, 0.6) is 0 Å². The number of rotatable bonds is 6. The molecule has 3 rings (SSSR count). The fraction of sp³-hybridized carbons (Fsp3) is 0.400. The quantitative estimate of drug-likeness (QED) is 0.723. The van der Waals surface area contributed by atoms with Crippen molar-refractivity contribution in [3.8, 4) is 0 Å². The number of primary amides is 1. The van der Waals surface area contributed by atoms with Gasteiger partial charge in [-0.15, -0.1) is 0 Å². The average Bonchev–Trinajstić information content (AvgIpc) is 3.13. The fourth-order valence-corrected chi connectivity index (χ4v) is 3.61. The van der Waals surface area contributed by atoms with E-state index < -0.39 is 5.91 Å². The third-order valence-electron chi connectivity index (χ3n) is 5.12. The van der Waals surface area contributed by atoms with Crippen LogP contribution >= 0.6 is 0 Å². The van der Waals surface area contributed by atoms with Crippen molar-refractivity contribution in [2.45, 2.75) is 31.7 Å². The molecule has 3 N–H and O–H groups in total. The number of halogens is 1. The number of nitrogens with two attached hydrogens (primary N) is 1. The van der Waals surface area contributed by atoms with Gasteiger partial charge in [0.1, 0.15) is 11.4 Å². The zero-order valence-electron chi connectivity index (χ0n) is 16.4. The number of amides is 1. The number of nitrogens with one attached hydrogen (secondary N) is 1. The van der Waals surface area contributed by atoms with Crippen LogP contribution in [0.2, 0.25) is 0 Å². The van der Waals surface area contributed by atoms with Crippen LogP contribution in [-0.2, 0) is 9.53 Å². The molecular formula is C20H24FN5O3. The Morgan fingerprint density at radius 1 is 1.34 bits per heavy atom. The standard InChI is InChI=1S/C20H24FN5O3/c1-23-16-9-12(10-18(27)29-2)3-8-17(16)26-11-15(19(22)28)20(25-26)24-14-6-4-13(21)5-7-14/h4-7,11-12,17H,3,8-10H2,1-2H3,(H2,22,28)(H,24,25)/b23-16+/t12?,17-/m0/s1. The summed E-state index contributed by atoms with van der Waals surface area (Å²) in [5, 5.41) is 7.53. The van der Waals surface area contributed by atoms with E-state index in [9.17, 15) is 14.0 Å². The number of anilines is 2. The maximum absolute atomic E-state index is 13.1. The second kappa shape index (κ2) is 8.85. The van der Waals surface area contributed by atoms with E-state index in [1.165, 1.54) is 19.2 Å². The summed E-state index contributed by atoms with van der Waals surface area (Å²) in [7, 11) is 3.09. The van der Waals surface area contributed by atoms with Gasteiger partial charge < -0.3 is 15.8 Å². The Hall–Kier alpha value is -3.23. The van der Waals surface area contributed by atoms with Crippen LogP contribution in [0.3, 0.4) is 0 Å². The zero-order valence-corrected chi connectivity index (χ0v) is 16.4. The first-order valence-electron chi connectivity index (χ1n) is 9.35. The largest absolute Gasteiger partial charge is 0.469 e. The van der Waals surface area contributed by atoms with Gasteiger partial charge in [-0.2, -0.15) is 5.10 Å². The highest BCUT2D eigenvalue weighted by Crippen LogP contribution is 2.33. The second-order valence-corrected chi connectivity index (χ2v) is 7.03. The van der Waals surface area contributed by atoms with Crippen LogP contribution < -0.4 is 11.1 Å². The molecule has 0 aliphatic heterocycles. The molecule has 29 heavy (non-hydrogen) atoms. The summed E-state index contributed by atoms with van der Waals surface area (Å²) in [4.78, 5) is 27.9.